The van der Waals surface area contributed by atoms with E-state index < -0.39 is 0 Å². The van der Waals surface area contributed by atoms with Crippen molar-refractivity contribution in [2.75, 3.05) is 26.4 Å². The molecule has 17 heavy (non-hydrogen) atoms. The third-order valence-electron chi connectivity index (χ3n) is 2.51. The summed E-state index contributed by atoms with van der Waals surface area (Å²) in [6.45, 7) is 3.89. The summed E-state index contributed by atoms with van der Waals surface area (Å²) in [5.41, 5.74) is 0. The molecule has 0 aliphatic carbocycles. The summed E-state index contributed by atoms with van der Waals surface area (Å²) in [5, 5.41) is 17.3. The molecule has 0 fully saturated rings. The summed E-state index contributed by atoms with van der Waals surface area (Å²) in [5.74, 6) is 0. The van der Waals surface area contributed by atoms with Gasteiger partial charge < -0.3 is 19.7 Å². The minimum atomic E-state index is -0.118. The van der Waals surface area contributed by atoms with Crippen LogP contribution in [-0.4, -0.2) is 42.9 Å². The average molecular weight is 248 g/mol. The molecule has 0 spiro atoms. The number of ether oxygens (including phenoxy) is 2. The zero-order chi connectivity index (χ0) is 12.8. The number of hydrogen-bond acceptors (Lipinski definition) is 4. The lowest BCUT2D eigenvalue weighted by Crippen LogP contribution is -2.19. The number of aliphatic hydroxyl groups excluding tert-OH is 2. The highest BCUT2D eigenvalue weighted by molar-refractivity contribution is 4.48. The van der Waals surface area contributed by atoms with Crippen molar-refractivity contribution in [3.05, 3.63) is 0 Å². The number of rotatable bonds is 13. The molecule has 0 saturated carbocycles. The maximum atomic E-state index is 8.66. The van der Waals surface area contributed by atoms with Gasteiger partial charge in [-0.25, -0.2) is 0 Å². The fraction of sp³-hybridized carbons (Fsp3) is 1.00. The molecule has 0 heterocycles. The van der Waals surface area contributed by atoms with Gasteiger partial charge in [0, 0.05) is 26.4 Å². The summed E-state index contributed by atoms with van der Waals surface area (Å²) < 4.78 is 11.3. The lowest BCUT2D eigenvalue weighted by molar-refractivity contribution is -0.148. The van der Waals surface area contributed by atoms with Gasteiger partial charge in [0.25, 0.3) is 0 Å². The van der Waals surface area contributed by atoms with Gasteiger partial charge in [0.2, 0.25) is 0 Å². The van der Waals surface area contributed by atoms with Crippen LogP contribution < -0.4 is 0 Å². The first-order valence-electron chi connectivity index (χ1n) is 6.80. The fourth-order valence-electron chi connectivity index (χ4n) is 1.44. The molecule has 0 aliphatic rings. The smallest absolute Gasteiger partial charge is 0.157 e. The molecule has 0 atom stereocenters. The Morgan fingerprint density at radius 3 is 1.76 bits per heavy atom. The summed E-state index contributed by atoms with van der Waals surface area (Å²) in [4.78, 5) is 0. The molecule has 0 bridgehead atoms. The monoisotopic (exact) mass is 248 g/mol. The Balaban J connectivity index is 3.56. The predicted molar refractivity (Wildman–Crippen MR) is 67.9 cm³/mol. The van der Waals surface area contributed by atoms with Crippen molar-refractivity contribution in [3.8, 4) is 0 Å². The van der Waals surface area contributed by atoms with Crippen LogP contribution in [0.15, 0.2) is 0 Å². The van der Waals surface area contributed by atoms with Crippen LogP contribution in [0.4, 0.5) is 0 Å². The van der Waals surface area contributed by atoms with Gasteiger partial charge in [-0.15, -0.1) is 0 Å². The van der Waals surface area contributed by atoms with Gasteiger partial charge in [-0.3, -0.25) is 0 Å². The zero-order valence-corrected chi connectivity index (χ0v) is 11.1. The first kappa shape index (κ1) is 16.8. The van der Waals surface area contributed by atoms with E-state index in [9.17, 15) is 0 Å². The minimum absolute atomic E-state index is 0.118. The molecule has 0 unspecified atom stereocenters. The van der Waals surface area contributed by atoms with Crippen LogP contribution in [0.2, 0.25) is 0 Å². The molecule has 0 aliphatic heterocycles. The van der Waals surface area contributed by atoms with Gasteiger partial charge in [-0.1, -0.05) is 13.3 Å². The molecular weight excluding hydrogens is 220 g/mol. The highest BCUT2D eigenvalue weighted by Gasteiger charge is 2.08. The Morgan fingerprint density at radius 2 is 1.35 bits per heavy atom. The molecule has 0 rings (SSSR count). The Morgan fingerprint density at radius 1 is 0.824 bits per heavy atom. The largest absolute Gasteiger partial charge is 0.396 e. The van der Waals surface area contributed by atoms with Crippen molar-refractivity contribution >= 4 is 0 Å². The van der Waals surface area contributed by atoms with Crippen LogP contribution in [0.5, 0.6) is 0 Å². The quantitative estimate of drug-likeness (QED) is 0.387. The Kier molecular flexibility index (Phi) is 13.8. The van der Waals surface area contributed by atoms with Crippen molar-refractivity contribution in [2.24, 2.45) is 0 Å². The van der Waals surface area contributed by atoms with Crippen molar-refractivity contribution in [3.63, 3.8) is 0 Å². The van der Waals surface area contributed by atoms with Crippen molar-refractivity contribution < 1.29 is 19.7 Å². The highest BCUT2D eigenvalue weighted by Crippen LogP contribution is 2.08. The number of unbranched alkanes of at least 4 members (excludes halogenated alkanes) is 3. The Labute approximate surface area is 105 Å². The van der Waals surface area contributed by atoms with Crippen LogP contribution in [0, 0.1) is 0 Å². The van der Waals surface area contributed by atoms with E-state index in [0.29, 0.717) is 13.2 Å². The number of hydrogen-bond donors (Lipinski definition) is 2. The molecule has 0 radical (unpaired) electrons. The standard InChI is InChI=1S/C13H28O4/c1-2-3-8-13(16-11-6-4-9-14)17-12-7-5-10-15/h13-15H,2-12H2,1H3. The summed E-state index contributed by atoms with van der Waals surface area (Å²) in [6.07, 6.45) is 6.36. The molecule has 0 aromatic carbocycles. The van der Waals surface area contributed by atoms with Crippen LogP contribution >= 0.6 is 0 Å². The summed E-state index contributed by atoms with van der Waals surface area (Å²) >= 11 is 0. The van der Waals surface area contributed by atoms with Gasteiger partial charge in [-0.2, -0.15) is 0 Å². The van der Waals surface area contributed by atoms with E-state index in [1.165, 1.54) is 0 Å². The molecular formula is C13H28O4. The van der Waals surface area contributed by atoms with E-state index in [2.05, 4.69) is 6.92 Å². The first-order chi connectivity index (χ1) is 8.35. The van der Waals surface area contributed by atoms with E-state index in [4.69, 9.17) is 19.7 Å². The number of aliphatic hydroxyl groups is 2. The summed E-state index contributed by atoms with van der Waals surface area (Å²) in [7, 11) is 0. The Bertz CT molecular complexity index is 129. The summed E-state index contributed by atoms with van der Waals surface area (Å²) in [6, 6.07) is 0. The van der Waals surface area contributed by atoms with Crippen LogP contribution in [-0.2, 0) is 9.47 Å². The second kappa shape index (κ2) is 13.9. The molecule has 104 valence electrons. The predicted octanol–water partition coefficient (Wildman–Crippen LogP) is 2.08. The second-order valence-corrected chi connectivity index (χ2v) is 4.17. The van der Waals surface area contributed by atoms with Gasteiger partial charge in [0.05, 0.1) is 0 Å². The highest BCUT2D eigenvalue weighted by atomic mass is 16.7. The fourth-order valence-corrected chi connectivity index (χ4v) is 1.44. The minimum Gasteiger partial charge on any atom is -0.396 e. The van der Waals surface area contributed by atoms with E-state index in [1.54, 1.807) is 0 Å². The SMILES string of the molecule is CCCCC(OCCCCO)OCCCCO. The van der Waals surface area contributed by atoms with Gasteiger partial charge >= 0.3 is 0 Å². The van der Waals surface area contributed by atoms with Crippen molar-refractivity contribution in [1.82, 2.24) is 0 Å². The van der Waals surface area contributed by atoms with Gasteiger partial charge in [0.1, 0.15) is 0 Å². The van der Waals surface area contributed by atoms with Crippen molar-refractivity contribution in [2.45, 2.75) is 58.2 Å². The third-order valence-corrected chi connectivity index (χ3v) is 2.51. The van der Waals surface area contributed by atoms with E-state index >= 15 is 0 Å². The molecule has 0 aromatic rings. The normalized spacial score (nSPS) is 11.3. The van der Waals surface area contributed by atoms with E-state index in [-0.39, 0.29) is 19.5 Å². The van der Waals surface area contributed by atoms with Gasteiger partial charge in [-0.05, 0) is 38.5 Å². The third kappa shape index (κ3) is 12.1. The van der Waals surface area contributed by atoms with Gasteiger partial charge in [0.15, 0.2) is 6.29 Å². The van der Waals surface area contributed by atoms with Crippen molar-refractivity contribution in [1.29, 1.82) is 0 Å². The molecule has 0 aromatic heterocycles. The average Bonchev–Trinajstić information content (AvgIpc) is 2.35. The Hall–Kier alpha value is -0.160. The molecule has 4 heteroatoms. The molecule has 0 amide bonds. The van der Waals surface area contributed by atoms with Crippen LogP contribution in [0.3, 0.4) is 0 Å². The van der Waals surface area contributed by atoms with Crippen LogP contribution in [0.1, 0.15) is 51.9 Å². The van der Waals surface area contributed by atoms with E-state index in [0.717, 1.165) is 44.9 Å². The van der Waals surface area contributed by atoms with Crippen LogP contribution in [0.25, 0.3) is 0 Å². The second-order valence-electron chi connectivity index (χ2n) is 4.17. The lowest BCUT2D eigenvalue weighted by atomic mass is 10.2. The topological polar surface area (TPSA) is 58.9 Å². The molecule has 0 saturated heterocycles. The first-order valence-corrected chi connectivity index (χ1v) is 6.80. The maximum absolute atomic E-state index is 8.66. The molecule has 2 N–H and O–H groups in total. The van der Waals surface area contributed by atoms with E-state index in [1.807, 2.05) is 0 Å². The maximum Gasteiger partial charge on any atom is 0.157 e. The lowest BCUT2D eigenvalue weighted by Gasteiger charge is -2.18. The molecule has 4 nitrogen and oxygen atoms in total. The zero-order valence-electron chi connectivity index (χ0n) is 11.1.